The van der Waals surface area contributed by atoms with Crippen molar-refractivity contribution in [2.75, 3.05) is 5.32 Å². The van der Waals surface area contributed by atoms with Gasteiger partial charge in [0.2, 0.25) is 0 Å². The van der Waals surface area contributed by atoms with Crippen molar-refractivity contribution in [3.8, 4) is 0 Å². The van der Waals surface area contributed by atoms with Gasteiger partial charge in [0.05, 0.1) is 15.5 Å². The van der Waals surface area contributed by atoms with Gasteiger partial charge in [-0.25, -0.2) is 0 Å². The van der Waals surface area contributed by atoms with Gasteiger partial charge in [0.1, 0.15) is 5.69 Å². The molecule has 0 saturated carbocycles. The highest BCUT2D eigenvalue weighted by Crippen LogP contribution is 2.27. The fraction of sp³-hybridized carbons (Fsp3) is 0.0714. The molecule has 0 aliphatic rings. The molecule has 0 unspecified atom stereocenters. The summed E-state index contributed by atoms with van der Waals surface area (Å²) in [6.07, 6.45) is 0. The number of rotatable bonds is 3. The van der Waals surface area contributed by atoms with Gasteiger partial charge in [-0.05, 0) is 36.8 Å². The number of nitrogens with one attached hydrogen (secondary N) is 1. The molecule has 0 radical (unpaired) electrons. The molecule has 0 bridgehead atoms. The monoisotopic (exact) mass is 324 g/mol. The number of amides is 1. The van der Waals surface area contributed by atoms with Gasteiger partial charge in [-0.2, -0.15) is 0 Å². The Labute approximate surface area is 130 Å². The summed E-state index contributed by atoms with van der Waals surface area (Å²) in [5.41, 5.74) is 0.857. The third-order valence-corrected chi connectivity index (χ3v) is 3.32. The van der Waals surface area contributed by atoms with Gasteiger partial charge in [0.25, 0.3) is 11.6 Å². The van der Waals surface area contributed by atoms with E-state index in [0.29, 0.717) is 5.02 Å². The number of nitrogens with zero attached hydrogens (tertiary/aromatic N) is 1. The van der Waals surface area contributed by atoms with Crippen LogP contribution in [-0.2, 0) is 0 Å². The highest BCUT2D eigenvalue weighted by Gasteiger charge is 2.18. The normalized spacial score (nSPS) is 10.2. The van der Waals surface area contributed by atoms with Crippen LogP contribution in [0.25, 0.3) is 0 Å². The van der Waals surface area contributed by atoms with Gasteiger partial charge in [0, 0.05) is 11.1 Å². The quantitative estimate of drug-likeness (QED) is 0.669. The maximum atomic E-state index is 12.1. The Morgan fingerprint density at radius 1 is 1.19 bits per heavy atom. The van der Waals surface area contributed by atoms with E-state index in [1.165, 1.54) is 30.3 Å². The van der Waals surface area contributed by atoms with E-state index >= 15 is 0 Å². The van der Waals surface area contributed by atoms with E-state index in [0.717, 1.165) is 5.56 Å². The molecule has 21 heavy (non-hydrogen) atoms. The van der Waals surface area contributed by atoms with Crippen molar-refractivity contribution in [1.29, 1.82) is 0 Å². The van der Waals surface area contributed by atoms with Gasteiger partial charge in [-0.1, -0.05) is 29.3 Å². The van der Waals surface area contributed by atoms with Gasteiger partial charge < -0.3 is 5.32 Å². The first-order valence-electron chi connectivity index (χ1n) is 5.90. The van der Waals surface area contributed by atoms with Crippen molar-refractivity contribution in [3.05, 3.63) is 67.7 Å². The molecular weight excluding hydrogens is 315 g/mol. The lowest BCUT2D eigenvalue weighted by Gasteiger charge is -2.08. The Morgan fingerprint density at radius 2 is 1.90 bits per heavy atom. The van der Waals surface area contributed by atoms with Crippen molar-refractivity contribution >= 4 is 40.5 Å². The summed E-state index contributed by atoms with van der Waals surface area (Å²) in [6, 6.07) is 8.95. The second-order valence-electron chi connectivity index (χ2n) is 4.36. The fourth-order valence-electron chi connectivity index (χ4n) is 1.76. The Morgan fingerprint density at radius 3 is 2.52 bits per heavy atom. The molecule has 5 nitrogen and oxygen atoms in total. The minimum atomic E-state index is -0.550. The lowest BCUT2D eigenvalue weighted by Crippen LogP contribution is -2.13. The maximum Gasteiger partial charge on any atom is 0.293 e. The van der Waals surface area contributed by atoms with Crippen molar-refractivity contribution < 1.29 is 9.72 Å². The zero-order chi connectivity index (χ0) is 15.6. The minimum Gasteiger partial charge on any atom is -0.316 e. The summed E-state index contributed by atoms with van der Waals surface area (Å²) in [5, 5.41) is 14.1. The van der Waals surface area contributed by atoms with Crippen LogP contribution < -0.4 is 5.32 Å². The summed E-state index contributed by atoms with van der Waals surface area (Å²) in [7, 11) is 0. The van der Waals surface area contributed by atoms with Crippen LogP contribution >= 0.6 is 23.2 Å². The van der Waals surface area contributed by atoms with E-state index in [2.05, 4.69) is 5.32 Å². The van der Waals surface area contributed by atoms with Crippen molar-refractivity contribution in [1.82, 2.24) is 0 Å². The van der Waals surface area contributed by atoms with Gasteiger partial charge in [-0.3, -0.25) is 14.9 Å². The highest BCUT2D eigenvalue weighted by molar-refractivity contribution is 6.37. The first kappa shape index (κ1) is 15.3. The van der Waals surface area contributed by atoms with E-state index in [4.69, 9.17) is 23.2 Å². The topological polar surface area (TPSA) is 72.2 Å². The van der Waals surface area contributed by atoms with Crippen LogP contribution in [0.5, 0.6) is 0 Å². The lowest BCUT2D eigenvalue weighted by atomic mass is 10.1. The van der Waals surface area contributed by atoms with Crippen LogP contribution in [0.4, 0.5) is 11.4 Å². The molecule has 0 spiro atoms. The average Bonchev–Trinajstić information content (AvgIpc) is 2.40. The van der Waals surface area contributed by atoms with Gasteiger partial charge in [-0.15, -0.1) is 0 Å². The zero-order valence-electron chi connectivity index (χ0n) is 10.9. The van der Waals surface area contributed by atoms with E-state index < -0.39 is 10.8 Å². The molecule has 0 fully saturated rings. The van der Waals surface area contributed by atoms with E-state index in [1.54, 1.807) is 13.0 Å². The van der Waals surface area contributed by atoms with E-state index in [9.17, 15) is 14.9 Å². The van der Waals surface area contributed by atoms with Crippen LogP contribution in [0.15, 0.2) is 36.4 Å². The molecule has 7 heteroatoms. The molecule has 0 aliphatic carbocycles. The number of hydrogen-bond acceptors (Lipinski definition) is 3. The first-order chi connectivity index (χ1) is 9.88. The highest BCUT2D eigenvalue weighted by atomic mass is 35.5. The SMILES string of the molecule is Cc1ccc(NC(=O)c2ccc(Cl)cc2Cl)c([N+](=O)[O-])c1. The van der Waals surface area contributed by atoms with Crippen LogP contribution in [-0.4, -0.2) is 10.8 Å². The summed E-state index contributed by atoms with van der Waals surface area (Å²) >= 11 is 11.7. The zero-order valence-corrected chi connectivity index (χ0v) is 12.4. The number of hydrogen-bond donors (Lipinski definition) is 1. The number of aryl methyl sites for hydroxylation is 1. The van der Waals surface area contributed by atoms with Crippen molar-refractivity contribution in [2.24, 2.45) is 0 Å². The Hall–Kier alpha value is -2.11. The summed E-state index contributed by atoms with van der Waals surface area (Å²) in [4.78, 5) is 22.6. The second kappa shape index (κ2) is 6.11. The minimum absolute atomic E-state index is 0.113. The molecule has 0 aliphatic heterocycles. The first-order valence-corrected chi connectivity index (χ1v) is 6.65. The van der Waals surface area contributed by atoms with Crippen molar-refractivity contribution in [3.63, 3.8) is 0 Å². The predicted octanol–water partition coefficient (Wildman–Crippen LogP) is 4.46. The summed E-state index contributed by atoms with van der Waals surface area (Å²) in [6.45, 7) is 1.73. The molecule has 0 saturated heterocycles. The van der Waals surface area contributed by atoms with Crippen LogP contribution in [0.2, 0.25) is 10.0 Å². The smallest absolute Gasteiger partial charge is 0.293 e. The number of anilines is 1. The summed E-state index contributed by atoms with van der Waals surface area (Å²) in [5.74, 6) is -0.538. The van der Waals surface area contributed by atoms with Gasteiger partial charge >= 0.3 is 0 Å². The van der Waals surface area contributed by atoms with Crippen LogP contribution in [0.1, 0.15) is 15.9 Å². The molecule has 2 rings (SSSR count). The van der Waals surface area contributed by atoms with E-state index in [-0.39, 0.29) is 22.0 Å². The Kier molecular flexibility index (Phi) is 4.45. The predicted molar refractivity (Wildman–Crippen MR) is 82.2 cm³/mol. The number of carbonyl (C=O) groups is 1. The lowest BCUT2D eigenvalue weighted by molar-refractivity contribution is -0.384. The summed E-state index contributed by atoms with van der Waals surface area (Å²) < 4.78 is 0. The molecule has 108 valence electrons. The number of benzene rings is 2. The molecule has 0 heterocycles. The molecule has 1 N–H and O–H groups in total. The second-order valence-corrected chi connectivity index (χ2v) is 5.20. The van der Waals surface area contributed by atoms with Crippen molar-refractivity contribution in [2.45, 2.75) is 6.92 Å². The fourth-order valence-corrected chi connectivity index (χ4v) is 2.26. The number of halogens is 2. The molecule has 2 aromatic carbocycles. The Balaban J connectivity index is 2.34. The van der Waals surface area contributed by atoms with E-state index in [1.807, 2.05) is 0 Å². The van der Waals surface area contributed by atoms with Crippen LogP contribution in [0.3, 0.4) is 0 Å². The molecule has 2 aromatic rings. The standard InChI is InChI=1S/C14H10Cl2N2O3/c1-8-2-5-12(13(6-8)18(20)21)17-14(19)10-4-3-9(15)7-11(10)16/h2-7H,1H3,(H,17,19). The number of nitro benzene ring substituents is 1. The largest absolute Gasteiger partial charge is 0.316 e. The third kappa shape index (κ3) is 3.51. The Bertz CT molecular complexity index is 732. The third-order valence-electron chi connectivity index (χ3n) is 2.77. The molecule has 0 atom stereocenters. The maximum absolute atomic E-state index is 12.1. The number of carbonyl (C=O) groups excluding carboxylic acids is 1. The molecule has 0 aromatic heterocycles. The van der Waals surface area contributed by atoms with Gasteiger partial charge in [0.15, 0.2) is 0 Å². The number of nitro groups is 1. The molecular formula is C14H10Cl2N2O3. The molecule has 1 amide bonds. The average molecular weight is 325 g/mol. The van der Waals surface area contributed by atoms with Crippen LogP contribution in [0, 0.1) is 17.0 Å².